The Balaban J connectivity index is 2.08. The van der Waals surface area contributed by atoms with Gasteiger partial charge in [-0.25, -0.2) is 4.39 Å². The van der Waals surface area contributed by atoms with E-state index in [4.69, 9.17) is 0 Å². The Bertz CT molecular complexity index is 440. The molecule has 4 heteroatoms. The fourth-order valence-corrected chi connectivity index (χ4v) is 2.88. The lowest BCUT2D eigenvalue weighted by atomic mass is 10.1. The zero-order chi connectivity index (χ0) is 15.2. The molecule has 1 aliphatic rings. The van der Waals surface area contributed by atoms with E-state index in [2.05, 4.69) is 35.9 Å². The number of benzene rings is 1. The van der Waals surface area contributed by atoms with E-state index in [1.54, 1.807) is 6.07 Å². The molecule has 0 saturated carbocycles. The van der Waals surface area contributed by atoms with Gasteiger partial charge in [0.05, 0.1) is 5.69 Å². The quantitative estimate of drug-likeness (QED) is 0.870. The van der Waals surface area contributed by atoms with Gasteiger partial charge in [-0.1, -0.05) is 32.9 Å². The summed E-state index contributed by atoms with van der Waals surface area (Å²) < 4.78 is 14.3. The molecular weight excluding hydrogens is 265 g/mol. The minimum Gasteiger partial charge on any atom is -0.366 e. The van der Waals surface area contributed by atoms with Crippen LogP contribution in [0.2, 0.25) is 0 Å². The number of para-hydroxylation sites is 1. The molecule has 2 rings (SSSR count). The fourth-order valence-electron chi connectivity index (χ4n) is 2.88. The molecule has 21 heavy (non-hydrogen) atoms. The van der Waals surface area contributed by atoms with Crippen molar-refractivity contribution in [3.05, 3.63) is 29.6 Å². The molecule has 0 spiro atoms. The number of halogens is 1. The second kappa shape index (κ2) is 7.76. The van der Waals surface area contributed by atoms with Gasteiger partial charge in [-0.3, -0.25) is 4.90 Å². The van der Waals surface area contributed by atoms with Crippen LogP contribution in [-0.4, -0.2) is 43.7 Å². The van der Waals surface area contributed by atoms with Crippen LogP contribution in [0.3, 0.4) is 0 Å². The Labute approximate surface area is 128 Å². The highest BCUT2D eigenvalue weighted by Crippen LogP contribution is 2.26. The van der Waals surface area contributed by atoms with E-state index in [0.29, 0.717) is 6.04 Å². The molecule has 0 aliphatic carbocycles. The van der Waals surface area contributed by atoms with Crippen molar-refractivity contribution < 1.29 is 4.39 Å². The molecule has 0 amide bonds. The van der Waals surface area contributed by atoms with Gasteiger partial charge in [-0.15, -0.1) is 0 Å². The third-order valence-corrected chi connectivity index (χ3v) is 4.00. The maximum Gasteiger partial charge on any atom is 0.146 e. The maximum absolute atomic E-state index is 14.3. The number of rotatable bonds is 6. The van der Waals surface area contributed by atoms with Crippen molar-refractivity contribution >= 4 is 5.69 Å². The predicted molar refractivity (Wildman–Crippen MR) is 87.3 cm³/mol. The summed E-state index contributed by atoms with van der Waals surface area (Å²) in [7, 11) is 0. The number of hydrogen-bond donors (Lipinski definition) is 1. The predicted octanol–water partition coefficient (Wildman–Crippen LogP) is 2.86. The number of anilines is 1. The molecule has 1 N–H and O–H groups in total. The molecule has 1 aromatic rings. The number of hydrogen-bond acceptors (Lipinski definition) is 3. The molecule has 1 aromatic carbocycles. The number of nitrogens with zero attached hydrogens (tertiary/aromatic N) is 2. The van der Waals surface area contributed by atoms with Crippen LogP contribution in [0, 0.1) is 5.82 Å². The lowest BCUT2D eigenvalue weighted by Gasteiger charge is -2.37. The molecule has 1 saturated heterocycles. The van der Waals surface area contributed by atoms with Crippen LogP contribution in [0.25, 0.3) is 0 Å². The summed E-state index contributed by atoms with van der Waals surface area (Å²) >= 11 is 0. The van der Waals surface area contributed by atoms with Gasteiger partial charge in [-0.2, -0.15) is 0 Å². The normalized spacial score (nSPS) is 16.7. The second-order valence-corrected chi connectivity index (χ2v) is 6.11. The Morgan fingerprint density at radius 1 is 1.19 bits per heavy atom. The van der Waals surface area contributed by atoms with E-state index in [1.807, 2.05) is 12.1 Å². The van der Waals surface area contributed by atoms with Crippen LogP contribution in [0.1, 0.15) is 32.8 Å². The third-order valence-electron chi connectivity index (χ3n) is 4.00. The summed E-state index contributed by atoms with van der Waals surface area (Å²) in [5.74, 6) is -0.0954. The van der Waals surface area contributed by atoms with Crippen molar-refractivity contribution in [2.24, 2.45) is 0 Å². The molecule has 1 fully saturated rings. The van der Waals surface area contributed by atoms with Crippen molar-refractivity contribution in [2.45, 2.75) is 39.8 Å². The zero-order valence-electron chi connectivity index (χ0n) is 13.5. The summed E-state index contributed by atoms with van der Waals surface area (Å²) in [5, 5.41) is 3.39. The van der Waals surface area contributed by atoms with E-state index in [1.165, 1.54) is 6.42 Å². The highest BCUT2D eigenvalue weighted by Gasteiger charge is 2.21. The van der Waals surface area contributed by atoms with Crippen LogP contribution in [0.15, 0.2) is 18.2 Å². The Kier molecular flexibility index (Phi) is 6.00. The molecular formula is C17H28FN3. The molecule has 118 valence electrons. The Hall–Kier alpha value is -1.13. The average Bonchev–Trinajstić information content (AvgIpc) is 2.46. The van der Waals surface area contributed by atoms with Crippen molar-refractivity contribution in [3.8, 4) is 0 Å². The second-order valence-electron chi connectivity index (χ2n) is 6.11. The molecule has 0 atom stereocenters. The summed E-state index contributed by atoms with van der Waals surface area (Å²) in [6.07, 6.45) is 1.18. The van der Waals surface area contributed by atoms with Crippen LogP contribution in [0.5, 0.6) is 0 Å². The first-order chi connectivity index (χ1) is 10.1. The Morgan fingerprint density at radius 3 is 2.52 bits per heavy atom. The first-order valence-electron chi connectivity index (χ1n) is 8.10. The van der Waals surface area contributed by atoms with Crippen LogP contribution in [0.4, 0.5) is 10.1 Å². The van der Waals surface area contributed by atoms with Gasteiger partial charge in [0.15, 0.2) is 0 Å². The van der Waals surface area contributed by atoms with Gasteiger partial charge < -0.3 is 10.2 Å². The van der Waals surface area contributed by atoms with Crippen molar-refractivity contribution in [3.63, 3.8) is 0 Å². The molecule has 1 heterocycles. The summed E-state index contributed by atoms with van der Waals surface area (Å²) in [6.45, 7) is 12.2. The smallest absolute Gasteiger partial charge is 0.146 e. The molecule has 0 unspecified atom stereocenters. The van der Waals surface area contributed by atoms with Crippen LogP contribution >= 0.6 is 0 Å². The zero-order valence-corrected chi connectivity index (χ0v) is 13.5. The monoisotopic (exact) mass is 293 g/mol. The minimum absolute atomic E-state index is 0.0954. The lowest BCUT2D eigenvalue weighted by Crippen LogP contribution is -2.47. The SMILES string of the molecule is CCCN1CCN(c2c(F)cccc2CNC(C)C)CC1. The minimum atomic E-state index is -0.0954. The van der Waals surface area contributed by atoms with E-state index in [0.717, 1.165) is 50.5 Å². The number of piperazine rings is 1. The average molecular weight is 293 g/mol. The summed E-state index contributed by atoms with van der Waals surface area (Å²) in [5.41, 5.74) is 1.86. The van der Waals surface area contributed by atoms with Gasteiger partial charge in [0.25, 0.3) is 0 Å². The van der Waals surface area contributed by atoms with Gasteiger partial charge in [0.2, 0.25) is 0 Å². The van der Waals surface area contributed by atoms with Crippen molar-refractivity contribution in [1.82, 2.24) is 10.2 Å². The van der Waals surface area contributed by atoms with E-state index < -0.39 is 0 Å². The first-order valence-corrected chi connectivity index (χ1v) is 8.10. The largest absolute Gasteiger partial charge is 0.366 e. The van der Waals surface area contributed by atoms with E-state index in [-0.39, 0.29) is 5.82 Å². The van der Waals surface area contributed by atoms with Crippen LogP contribution < -0.4 is 10.2 Å². The van der Waals surface area contributed by atoms with Gasteiger partial charge in [0, 0.05) is 38.8 Å². The highest BCUT2D eigenvalue weighted by molar-refractivity contribution is 5.55. The Morgan fingerprint density at radius 2 is 1.90 bits per heavy atom. The topological polar surface area (TPSA) is 18.5 Å². The molecule has 0 aromatic heterocycles. The van der Waals surface area contributed by atoms with E-state index in [9.17, 15) is 4.39 Å². The molecule has 0 radical (unpaired) electrons. The third kappa shape index (κ3) is 4.42. The molecule has 3 nitrogen and oxygen atoms in total. The summed E-state index contributed by atoms with van der Waals surface area (Å²) in [6, 6.07) is 5.82. The lowest BCUT2D eigenvalue weighted by molar-refractivity contribution is 0.257. The van der Waals surface area contributed by atoms with Crippen molar-refractivity contribution in [1.29, 1.82) is 0 Å². The van der Waals surface area contributed by atoms with Gasteiger partial charge in [0.1, 0.15) is 5.82 Å². The molecule has 1 aliphatic heterocycles. The highest BCUT2D eigenvalue weighted by atomic mass is 19.1. The van der Waals surface area contributed by atoms with Gasteiger partial charge in [-0.05, 0) is 24.6 Å². The standard InChI is InChI=1S/C17H28FN3/c1-4-8-20-9-11-21(12-10-20)17-15(13-19-14(2)3)6-5-7-16(17)18/h5-7,14,19H,4,8-13H2,1-3H3. The summed E-state index contributed by atoms with van der Waals surface area (Å²) in [4.78, 5) is 4.67. The van der Waals surface area contributed by atoms with Crippen molar-refractivity contribution in [2.75, 3.05) is 37.6 Å². The van der Waals surface area contributed by atoms with Crippen LogP contribution in [-0.2, 0) is 6.54 Å². The molecule has 0 bridgehead atoms. The maximum atomic E-state index is 14.3. The van der Waals surface area contributed by atoms with E-state index >= 15 is 0 Å². The fraction of sp³-hybridized carbons (Fsp3) is 0.647. The van der Waals surface area contributed by atoms with Gasteiger partial charge >= 0.3 is 0 Å². The number of nitrogens with one attached hydrogen (secondary N) is 1. The first kappa shape index (κ1) is 16.2.